The summed E-state index contributed by atoms with van der Waals surface area (Å²) in [4.78, 5) is 30.9. The van der Waals surface area contributed by atoms with E-state index in [1.165, 1.54) is 23.4 Å². The molecule has 0 bridgehead atoms. The van der Waals surface area contributed by atoms with Crippen LogP contribution in [0.1, 0.15) is 18.3 Å². The third kappa shape index (κ3) is 3.63. The van der Waals surface area contributed by atoms with E-state index in [4.69, 9.17) is 21.1 Å². The number of fused-ring (bicyclic) bond motifs is 1. The normalized spacial score (nSPS) is 11.6. The quantitative estimate of drug-likeness (QED) is 0.559. The molecule has 150 valence electrons. The van der Waals surface area contributed by atoms with Gasteiger partial charge in [-0.3, -0.25) is 13.9 Å². The van der Waals surface area contributed by atoms with Gasteiger partial charge in [0.25, 0.3) is 5.56 Å². The summed E-state index contributed by atoms with van der Waals surface area (Å²) >= 11 is 5.94. The van der Waals surface area contributed by atoms with Crippen LogP contribution in [0, 0.1) is 0 Å². The van der Waals surface area contributed by atoms with Crippen LogP contribution in [0.4, 0.5) is 0 Å². The van der Waals surface area contributed by atoms with Crippen molar-refractivity contribution in [2.24, 2.45) is 7.05 Å². The summed E-state index contributed by atoms with van der Waals surface area (Å²) in [7, 11) is 4.77. The van der Waals surface area contributed by atoms with E-state index in [-0.39, 0.29) is 18.6 Å². The molecule has 0 aliphatic heterocycles. The minimum atomic E-state index is -0.644. The largest absolute Gasteiger partial charge is 0.354 e. The number of halogens is 1. The lowest BCUT2D eigenvalue weighted by atomic mass is 10.2. The van der Waals surface area contributed by atoms with E-state index in [9.17, 15) is 9.59 Å². The fourth-order valence-corrected chi connectivity index (χ4v) is 3.32. The van der Waals surface area contributed by atoms with Crippen molar-refractivity contribution >= 4 is 22.8 Å². The fraction of sp³-hybridized carbons (Fsp3) is 0.421. The number of aromatic nitrogens is 4. The van der Waals surface area contributed by atoms with Crippen LogP contribution in [0.3, 0.4) is 0 Å². The zero-order chi connectivity index (χ0) is 20.4. The Bertz CT molecular complexity index is 1090. The number of hydrogen-bond acceptors (Lipinski definition) is 5. The van der Waals surface area contributed by atoms with Crippen molar-refractivity contribution in [2.75, 3.05) is 14.2 Å². The van der Waals surface area contributed by atoms with Gasteiger partial charge in [-0.2, -0.15) is 0 Å². The molecule has 8 nitrogen and oxygen atoms in total. The van der Waals surface area contributed by atoms with Crippen LogP contribution in [0.15, 0.2) is 33.9 Å². The van der Waals surface area contributed by atoms with Crippen molar-refractivity contribution in [3.8, 4) is 0 Å². The first-order chi connectivity index (χ1) is 13.4. The van der Waals surface area contributed by atoms with Crippen LogP contribution >= 0.6 is 11.6 Å². The molecule has 2 heterocycles. The minimum absolute atomic E-state index is 0.114. The molecule has 0 aliphatic rings. The average molecular weight is 407 g/mol. The smallest absolute Gasteiger partial charge is 0.333 e. The maximum Gasteiger partial charge on any atom is 0.333 e. The molecule has 0 saturated carbocycles. The number of nitrogens with zero attached hydrogens (tertiary/aromatic N) is 4. The fourth-order valence-electron chi connectivity index (χ4n) is 3.19. The summed E-state index contributed by atoms with van der Waals surface area (Å²) in [5.41, 5.74) is 0.652. The second-order valence-electron chi connectivity index (χ2n) is 6.42. The van der Waals surface area contributed by atoms with Crippen LogP contribution in [0.5, 0.6) is 0 Å². The molecule has 0 unspecified atom stereocenters. The molecule has 0 spiro atoms. The highest BCUT2D eigenvalue weighted by Crippen LogP contribution is 2.13. The van der Waals surface area contributed by atoms with Gasteiger partial charge in [0.1, 0.15) is 5.82 Å². The molecule has 0 atom stereocenters. The van der Waals surface area contributed by atoms with Crippen LogP contribution in [0.25, 0.3) is 11.2 Å². The van der Waals surface area contributed by atoms with Crippen molar-refractivity contribution in [3.05, 3.63) is 61.5 Å². The van der Waals surface area contributed by atoms with Crippen LogP contribution in [-0.2, 0) is 36.0 Å². The van der Waals surface area contributed by atoms with Crippen molar-refractivity contribution in [3.63, 3.8) is 0 Å². The summed E-state index contributed by atoms with van der Waals surface area (Å²) in [5.74, 6) is 0.718. The van der Waals surface area contributed by atoms with Crippen LogP contribution in [-0.4, -0.2) is 39.2 Å². The van der Waals surface area contributed by atoms with Gasteiger partial charge < -0.3 is 14.0 Å². The van der Waals surface area contributed by atoms with E-state index in [0.29, 0.717) is 22.6 Å². The maximum absolute atomic E-state index is 13.2. The molecule has 28 heavy (non-hydrogen) atoms. The first-order valence-corrected chi connectivity index (χ1v) is 9.28. The molecule has 1 aromatic carbocycles. The highest BCUT2D eigenvalue weighted by Gasteiger charge is 2.21. The molecule has 9 heteroatoms. The number of imidazole rings is 1. The van der Waals surface area contributed by atoms with Crippen LogP contribution < -0.4 is 11.2 Å². The Balaban J connectivity index is 2.25. The van der Waals surface area contributed by atoms with Gasteiger partial charge in [0.15, 0.2) is 17.5 Å². The molecule has 0 fully saturated rings. The second-order valence-corrected chi connectivity index (χ2v) is 6.86. The predicted octanol–water partition coefficient (Wildman–Crippen LogP) is 1.78. The Morgan fingerprint density at radius 2 is 1.75 bits per heavy atom. The molecule has 0 aliphatic carbocycles. The molecular weight excluding hydrogens is 384 g/mol. The number of methoxy groups -OCH3 is 2. The van der Waals surface area contributed by atoms with Gasteiger partial charge in [-0.05, 0) is 17.7 Å². The van der Waals surface area contributed by atoms with Gasteiger partial charge >= 0.3 is 5.69 Å². The van der Waals surface area contributed by atoms with Crippen LogP contribution in [0.2, 0.25) is 5.02 Å². The molecule has 3 rings (SSSR count). The topological polar surface area (TPSA) is 80.3 Å². The number of benzene rings is 1. The van der Waals surface area contributed by atoms with Gasteiger partial charge in [-0.25, -0.2) is 9.78 Å². The maximum atomic E-state index is 13.2. The molecule has 0 radical (unpaired) electrons. The zero-order valence-electron chi connectivity index (χ0n) is 16.3. The van der Waals surface area contributed by atoms with E-state index < -0.39 is 12.0 Å². The highest BCUT2D eigenvalue weighted by atomic mass is 35.5. The van der Waals surface area contributed by atoms with Gasteiger partial charge in [0, 0.05) is 32.7 Å². The molecule has 0 amide bonds. The van der Waals surface area contributed by atoms with Gasteiger partial charge in [0.2, 0.25) is 0 Å². The zero-order valence-corrected chi connectivity index (χ0v) is 17.1. The van der Waals surface area contributed by atoms with E-state index >= 15 is 0 Å². The number of hydrogen-bond donors (Lipinski definition) is 0. The Morgan fingerprint density at radius 3 is 2.32 bits per heavy atom. The third-order valence-corrected chi connectivity index (χ3v) is 5.01. The summed E-state index contributed by atoms with van der Waals surface area (Å²) in [6.45, 7) is 2.19. The number of ether oxygens (including phenoxy) is 2. The standard InChI is InChI=1S/C19H23ClN4O4/c1-5-14-21-17-16(22(14)2)18(25)24(10-12-6-8-13(20)9-7-12)19(26)23(17)11-15(27-3)28-4/h6-9,15H,5,10-11H2,1-4H3. The van der Waals surface area contributed by atoms with Gasteiger partial charge in [-0.15, -0.1) is 0 Å². The van der Waals surface area contributed by atoms with Crippen molar-refractivity contribution in [1.82, 2.24) is 18.7 Å². The highest BCUT2D eigenvalue weighted by molar-refractivity contribution is 6.30. The first kappa shape index (κ1) is 20.3. The first-order valence-electron chi connectivity index (χ1n) is 8.90. The molecular formula is C19H23ClN4O4. The van der Waals surface area contributed by atoms with Crippen molar-refractivity contribution < 1.29 is 9.47 Å². The van der Waals surface area contributed by atoms with Gasteiger partial charge in [-0.1, -0.05) is 30.7 Å². The molecule has 0 N–H and O–H groups in total. The lowest BCUT2D eigenvalue weighted by Crippen LogP contribution is -2.42. The summed E-state index contributed by atoms with van der Waals surface area (Å²) in [6, 6.07) is 7.03. The van der Waals surface area contributed by atoms with E-state index in [1.807, 2.05) is 6.92 Å². The Kier molecular flexibility index (Phi) is 6.02. The van der Waals surface area contributed by atoms with E-state index in [0.717, 1.165) is 11.4 Å². The minimum Gasteiger partial charge on any atom is -0.354 e. The number of rotatable bonds is 7. The Morgan fingerprint density at radius 1 is 1.11 bits per heavy atom. The predicted molar refractivity (Wildman–Crippen MR) is 107 cm³/mol. The molecule has 3 aromatic rings. The Hall–Kier alpha value is -2.42. The third-order valence-electron chi connectivity index (χ3n) is 4.76. The molecule has 2 aromatic heterocycles. The molecule has 0 saturated heterocycles. The average Bonchev–Trinajstić information content (AvgIpc) is 3.03. The summed E-state index contributed by atoms with van der Waals surface area (Å²) < 4.78 is 14.9. The Labute approximate surface area is 166 Å². The van der Waals surface area contributed by atoms with Crippen molar-refractivity contribution in [1.29, 1.82) is 0 Å². The van der Waals surface area contributed by atoms with Gasteiger partial charge in [0.05, 0.1) is 13.1 Å². The van der Waals surface area contributed by atoms with Crippen molar-refractivity contribution in [2.45, 2.75) is 32.7 Å². The monoisotopic (exact) mass is 406 g/mol. The van der Waals surface area contributed by atoms with E-state index in [1.54, 1.807) is 35.9 Å². The second kappa shape index (κ2) is 8.30. The lowest BCUT2D eigenvalue weighted by Gasteiger charge is -2.17. The van der Waals surface area contributed by atoms with E-state index in [2.05, 4.69) is 4.98 Å². The summed E-state index contributed by atoms with van der Waals surface area (Å²) in [5, 5.41) is 0.589. The SMILES string of the molecule is CCc1nc2c(c(=O)n(Cc3ccc(Cl)cc3)c(=O)n2CC(OC)OC)n1C. The lowest BCUT2D eigenvalue weighted by molar-refractivity contribution is -0.111. The summed E-state index contributed by atoms with van der Waals surface area (Å²) in [6.07, 6.45) is -0.0111. The number of aryl methyl sites for hydroxylation is 2.